The zero-order chi connectivity index (χ0) is 22.6. The topological polar surface area (TPSA) is 137 Å². The zero-order valence-electron chi connectivity index (χ0n) is 16.9. The summed E-state index contributed by atoms with van der Waals surface area (Å²) < 4.78 is 5.78. The molecule has 1 aliphatic heterocycles. The normalized spacial score (nSPS) is 10.5. The maximum atomic E-state index is 12.5. The number of carboxylic acids is 1. The van der Waals surface area contributed by atoms with Crippen LogP contribution < -0.4 is 74.8 Å². The monoisotopic (exact) mass is 655 g/mol. The summed E-state index contributed by atoms with van der Waals surface area (Å²) in [6.07, 6.45) is 0. The number of rotatable bonds is 3. The van der Waals surface area contributed by atoms with Gasteiger partial charge in [0.1, 0.15) is 10.1 Å². The zero-order valence-corrected chi connectivity index (χ0v) is 25.7. The third kappa shape index (κ3) is 4.85. The largest absolute Gasteiger partial charge is 1.00 e. The van der Waals surface area contributed by atoms with Crippen LogP contribution in [0, 0.1) is 10.1 Å². The van der Waals surface area contributed by atoms with Gasteiger partial charge in [-0.05, 0) is 65.2 Å². The summed E-state index contributed by atoms with van der Waals surface area (Å²) in [5.74, 6) is -2.35. The number of halogens is 3. The molecule has 0 bridgehead atoms. The molecule has 0 aromatic heterocycles. The Labute approximate surface area is 254 Å². The third-order valence-corrected chi connectivity index (χ3v) is 6.67. The first kappa shape index (κ1) is 28.5. The van der Waals surface area contributed by atoms with Crippen LogP contribution in [0.3, 0.4) is 0 Å². The van der Waals surface area contributed by atoms with Crippen molar-refractivity contribution in [3.63, 3.8) is 0 Å². The van der Waals surface area contributed by atoms with Crippen molar-refractivity contribution in [1.82, 2.24) is 0 Å². The molecule has 4 rings (SSSR count). The molecule has 8 nitrogen and oxygen atoms in total. The molecule has 13 heteroatoms. The first-order valence-corrected chi connectivity index (χ1v) is 10.7. The fourth-order valence-corrected chi connectivity index (χ4v) is 5.01. The Morgan fingerprint density at radius 1 is 1.00 bits per heavy atom. The van der Waals surface area contributed by atoms with Crippen molar-refractivity contribution in [2.45, 2.75) is 0 Å². The Balaban J connectivity index is 0.00000193. The van der Waals surface area contributed by atoms with Crippen LogP contribution >= 0.6 is 47.8 Å². The fourth-order valence-electron chi connectivity index (χ4n) is 3.31. The van der Waals surface area contributed by atoms with Gasteiger partial charge in [0.25, 0.3) is 5.69 Å². The molecule has 33 heavy (non-hydrogen) atoms. The number of nitrogens with zero attached hydrogens (tertiary/aromatic N) is 1. The SMILES string of the molecule is O=C([O-])c1ccccc1-c1c2cc(Br)c(=O)c(Br)c-2oc2c(Br)c([O-])c([N+](=O)[O-])cc12.[Na+].[Na+]. The van der Waals surface area contributed by atoms with Gasteiger partial charge in [0.2, 0.25) is 5.43 Å². The minimum Gasteiger partial charge on any atom is -0.867 e. The number of carboxylic acid groups (broad SMARTS) is 1. The molecule has 0 N–H and O–H groups in total. The molecule has 0 amide bonds. The molecule has 1 heterocycles. The molecular formula is C20H6Br3NNa2O7. The van der Waals surface area contributed by atoms with Crippen molar-refractivity contribution in [3.05, 3.63) is 75.7 Å². The van der Waals surface area contributed by atoms with Crippen LogP contribution in [-0.4, -0.2) is 10.9 Å². The predicted octanol–water partition coefficient (Wildman–Crippen LogP) is -1.79. The molecule has 1 aliphatic carbocycles. The van der Waals surface area contributed by atoms with E-state index in [1.54, 1.807) is 6.07 Å². The van der Waals surface area contributed by atoms with E-state index in [9.17, 15) is 29.9 Å². The van der Waals surface area contributed by atoms with E-state index in [-0.39, 0.29) is 106 Å². The van der Waals surface area contributed by atoms with Gasteiger partial charge in [0, 0.05) is 28.1 Å². The maximum Gasteiger partial charge on any atom is 1.00 e. The maximum absolute atomic E-state index is 12.5. The van der Waals surface area contributed by atoms with Crippen molar-refractivity contribution < 1.29 is 83.5 Å². The molecule has 0 radical (unpaired) electrons. The number of fused-ring (bicyclic) bond motifs is 2. The standard InChI is InChI=1S/C20H8Br3NO7.2Na/c21-11-5-9-13(7-3-1-2-4-8(7)20(27)28)10-6-12(24(29)30)17(26)15(23)19(10)31-18(9)14(22)16(11)25;;/h1-6,26H,(H,27,28);;/q;2*+1/p-2. The van der Waals surface area contributed by atoms with Gasteiger partial charge in [-0.15, -0.1) is 0 Å². The number of hydrogen-bond acceptors (Lipinski definition) is 7. The summed E-state index contributed by atoms with van der Waals surface area (Å²) in [5, 5.41) is 35.8. The first-order chi connectivity index (χ1) is 14.6. The predicted molar refractivity (Wildman–Crippen MR) is 118 cm³/mol. The Morgan fingerprint density at radius 3 is 2.24 bits per heavy atom. The molecule has 0 saturated heterocycles. The van der Waals surface area contributed by atoms with Gasteiger partial charge < -0.3 is 19.4 Å². The number of nitro benzene ring substituents is 1. The number of carbonyl (C=O) groups is 1. The van der Waals surface area contributed by atoms with Gasteiger partial charge in [-0.1, -0.05) is 24.3 Å². The van der Waals surface area contributed by atoms with Crippen molar-refractivity contribution in [3.8, 4) is 28.2 Å². The van der Waals surface area contributed by atoms with Gasteiger partial charge in [0.05, 0.1) is 19.8 Å². The molecular weight excluding hydrogens is 652 g/mol. The molecule has 0 fully saturated rings. The molecule has 2 aliphatic rings. The Hall–Kier alpha value is -0.760. The van der Waals surface area contributed by atoms with E-state index in [1.165, 1.54) is 24.3 Å². The second kappa shape index (κ2) is 10.9. The quantitative estimate of drug-likeness (QED) is 0.110. The van der Waals surface area contributed by atoms with Crippen molar-refractivity contribution in [2.75, 3.05) is 0 Å². The van der Waals surface area contributed by atoms with Crippen molar-refractivity contribution in [2.24, 2.45) is 0 Å². The Kier molecular flexibility index (Phi) is 9.39. The number of nitro groups is 1. The van der Waals surface area contributed by atoms with Crippen LogP contribution in [-0.2, 0) is 0 Å². The van der Waals surface area contributed by atoms with E-state index in [0.717, 1.165) is 6.07 Å². The summed E-state index contributed by atoms with van der Waals surface area (Å²) in [7, 11) is 0. The van der Waals surface area contributed by atoms with E-state index in [0.29, 0.717) is 5.56 Å². The van der Waals surface area contributed by atoms with E-state index < -0.39 is 27.8 Å². The average Bonchev–Trinajstić information content (AvgIpc) is 2.73. The number of aromatic carboxylic acids is 1. The van der Waals surface area contributed by atoms with Crippen LogP contribution in [0.15, 0.2) is 59.0 Å². The van der Waals surface area contributed by atoms with Crippen LogP contribution in [0.4, 0.5) is 5.69 Å². The van der Waals surface area contributed by atoms with Gasteiger partial charge in [-0.2, -0.15) is 0 Å². The molecule has 0 saturated carbocycles. The molecule has 2 aromatic carbocycles. The molecule has 2 aromatic rings. The second-order valence-electron chi connectivity index (χ2n) is 6.36. The molecule has 156 valence electrons. The smallest absolute Gasteiger partial charge is 0.867 e. The van der Waals surface area contributed by atoms with E-state index in [4.69, 9.17) is 4.42 Å². The van der Waals surface area contributed by atoms with E-state index in [1.807, 2.05) is 0 Å². The molecule has 0 unspecified atom stereocenters. The Bertz CT molecular complexity index is 1470. The summed E-state index contributed by atoms with van der Waals surface area (Å²) in [6.45, 7) is 0. The van der Waals surface area contributed by atoms with Gasteiger partial charge in [-0.3, -0.25) is 14.9 Å². The van der Waals surface area contributed by atoms with E-state index in [2.05, 4.69) is 47.8 Å². The number of carbonyl (C=O) groups excluding carboxylic acids is 1. The summed E-state index contributed by atoms with van der Waals surface area (Å²) >= 11 is 9.41. The summed E-state index contributed by atoms with van der Waals surface area (Å²) in [6, 6.07) is 8.36. The van der Waals surface area contributed by atoms with Gasteiger partial charge in [0.15, 0.2) is 5.76 Å². The minimum atomic E-state index is -1.47. The third-order valence-electron chi connectivity index (χ3n) is 4.64. The first-order valence-electron chi connectivity index (χ1n) is 8.36. The van der Waals surface area contributed by atoms with Crippen LogP contribution in [0.1, 0.15) is 10.4 Å². The van der Waals surface area contributed by atoms with Gasteiger partial charge in [-0.25, -0.2) is 0 Å². The minimum absolute atomic E-state index is 0. The summed E-state index contributed by atoms with van der Waals surface area (Å²) in [5.41, 5.74) is -0.727. The van der Waals surface area contributed by atoms with Gasteiger partial charge >= 0.3 is 59.1 Å². The number of hydrogen-bond donors (Lipinski definition) is 0. The van der Waals surface area contributed by atoms with Crippen LogP contribution in [0.2, 0.25) is 0 Å². The average molecular weight is 658 g/mol. The molecule has 0 spiro atoms. The Morgan fingerprint density at radius 2 is 1.64 bits per heavy atom. The fraction of sp³-hybridized carbons (Fsp3) is 0. The van der Waals surface area contributed by atoms with Crippen LogP contribution in [0.25, 0.3) is 33.4 Å². The summed E-state index contributed by atoms with van der Waals surface area (Å²) in [4.78, 5) is 34.8. The van der Waals surface area contributed by atoms with E-state index >= 15 is 0 Å². The van der Waals surface area contributed by atoms with Crippen molar-refractivity contribution >= 4 is 70.4 Å². The van der Waals surface area contributed by atoms with Crippen molar-refractivity contribution in [1.29, 1.82) is 0 Å². The second-order valence-corrected chi connectivity index (χ2v) is 8.80. The van der Waals surface area contributed by atoms with Crippen LogP contribution in [0.5, 0.6) is 5.75 Å². The molecule has 0 atom stereocenters. The number of benzene rings is 3.